The summed E-state index contributed by atoms with van der Waals surface area (Å²) in [4.78, 5) is 42.7. The van der Waals surface area contributed by atoms with Gasteiger partial charge in [-0.25, -0.2) is 9.18 Å². The number of benzene rings is 2. The van der Waals surface area contributed by atoms with Gasteiger partial charge in [0.05, 0.1) is 5.52 Å². The van der Waals surface area contributed by atoms with E-state index in [1.54, 1.807) is 32.3 Å². The van der Waals surface area contributed by atoms with Crippen LogP contribution >= 0.6 is 0 Å². The molecule has 34 heavy (non-hydrogen) atoms. The average Bonchev–Trinajstić information content (AvgIpc) is 2.80. The fraction of sp³-hybridized carbons (Fsp3) is 0.120. The zero-order valence-electron chi connectivity index (χ0n) is 18.3. The molecule has 0 aliphatic carbocycles. The first-order chi connectivity index (χ1) is 16.2. The van der Waals surface area contributed by atoms with Crippen molar-refractivity contribution in [2.24, 2.45) is 0 Å². The maximum Gasteiger partial charge on any atom is 0.345 e. The van der Waals surface area contributed by atoms with E-state index in [4.69, 9.17) is 0 Å². The van der Waals surface area contributed by atoms with E-state index < -0.39 is 22.8 Å². The molecule has 0 aliphatic heterocycles. The lowest BCUT2D eigenvalue weighted by molar-refractivity contribution is 0.0691. The van der Waals surface area contributed by atoms with Gasteiger partial charge < -0.3 is 15.1 Å². The van der Waals surface area contributed by atoms with E-state index in [2.05, 4.69) is 4.98 Å². The van der Waals surface area contributed by atoms with Crippen LogP contribution in [0.4, 0.5) is 4.39 Å². The molecule has 2 aromatic carbocycles. The Kier molecular flexibility index (Phi) is 5.85. The Morgan fingerprint density at radius 2 is 1.68 bits per heavy atom. The minimum atomic E-state index is -1.59. The van der Waals surface area contributed by atoms with Gasteiger partial charge in [-0.1, -0.05) is 12.1 Å². The zero-order chi connectivity index (χ0) is 24.6. The second kappa shape index (κ2) is 8.78. The number of rotatable bonds is 5. The van der Waals surface area contributed by atoms with Crippen LogP contribution in [0.15, 0.2) is 65.6 Å². The van der Waals surface area contributed by atoms with Gasteiger partial charge in [0.15, 0.2) is 11.3 Å². The number of carboxylic acid groups (broad SMARTS) is 1. The molecular weight excluding hydrogens is 441 g/mol. The first-order valence-electron chi connectivity index (χ1n) is 10.2. The molecule has 0 radical (unpaired) electrons. The summed E-state index contributed by atoms with van der Waals surface area (Å²) in [6.07, 6.45) is 1.83. The molecular formula is C25H20FN3O5. The number of nitrogens with zero attached hydrogens (tertiary/aromatic N) is 3. The van der Waals surface area contributed by atoms with E-state index in [0.29, 0.717) is 23.2 Å². The van der Waals surface area contributed by atoms with Crippen molar-refractivity contribution in [3.8, 4) is 11.4 Å². The third-order valence-corrected chi connectivity index (χ3v) is 5.36. The molecule has 0 spiro atoms. The van der Waals surface area contributed by atoms with Crippen LogP contribution < -0.4 is 5.56 Å². The first kappa shape index (κ1) is 22.7. The molecule has 1 amide bonds. The van der Waals surface area contributed by atoms with Crippen LogP contribution in [0, 0.1) is 5.82 Å². The van der Waals surface area contributed by atoms with Crippen molar-refractivity contribution < 1.29 is 24.2 Å². The molecule has 0 atom stereocenters. The van der Waals surface area contributed by atoms with Crippen LogP contribution in [0.25, 0.3) is 16.7 Å². The molecule has 2 heterocycles. The van der Waals surface area contributed by atoms with E-state index in [0.717, 1.165) is 10.1 Å². The fourth-order valence-electron chi connectivity index (χ4n) is 3.68. The Labute approximate surface area is 193 Å². The van der Waals surface area contributed by atoms with Crippen LogP contribution in [0.2, 0.25) is 0 Å². The molecule has 0 fully saturated rings. The lowest BCUT2D eigenvalue weighted by Gasteiger charge is -2.15. The van der Waals surface area contributed by atoms with Gasteiger partial charge in [-0.2, -0.15) is 0 Å². The maximum atomic E-state index is 13.2. The van der Waals surface area contributed by atoms with E-state index in [1.165, 1.54) is 47.5 Å². The highest BCUT2D eigenvalue weighted by Gasteiger charge is 2.24. The van der Waals surface area contributed by atoms with Gasteiger partial charge in [-0.15, -0.1) is 0 Å². The van der Waals surface area contributed by atoms with Crippen LogP contribution in [0.3, 0.4) is 0 Å². The third-order valence-electron chi connectivity index (χ3n) is 5.36. The number of fused-ring (bicyclic) bond motifs is 1. The molecule has 2 aromatic heterocycles. The summed E-state index contributed by atoms with van der Waals surface area (Å²) in [5.74, 6) is -2.91. The summed E-state index contributed by atoms with van der Waals surface area (Å²) >= 11 is 0. The number of halogens is 1. The van der Waals surface area contributed by atoms with E-state index in [-0.39, 0.29) is 22.8 Å². The van der Waals surface area contributed by atoms with Gasteiger partial charge in [-0.05, 0) is 60.0 Å². The highest BCUT2D eigenvalue weighted by atomic mass is 19.1. The first-order valence-corrected chi connectivity index (χ1v) is 10.2. The van der Waals surface area contributed by atoms with E-state index >= 15 is 0 Å². The smallest absolute Gasteiger partial charge is 0.345 e. The number of aromatic hydroxyl groups is 1. The lowest BCUT2D eigenvalue weighted by atomic mass is 10.0. The van der Waals surface area contributed by atoms with Crippen molar-refractivity contribution >= 4 is 22.9 Å². The van der Waals surface area contributed by atoms with Crippen molar-refractivity contribution in [2.45, 2.75) is 6.42 Å². The molecule has 0 saturated carbocycles. The number of carboxylic acids is 1. The monoisotopic (exact) mass is 461 g/mol. The van der Waals surface area contributed by atoms with Crippen LogP contribution in [0.5, 0.6) is 5.75 Å². The van der Waals surface area contributed by atoms with Crippen molar-refractivity contribution in [3.63, 3.8) is 0 Å². The van der Waals surface area contributed by atoms with Crippen molar-refractivity contribution in [3.05, 3.63) is 99.2 Å². The van der Waals surface area contributed by atoms with Gasteiger partial charge in [0, 0.05) is 31.5 Å². The molecule has 4 rings (SSSR count). The number of amides is 1. The zero-order valence-corrected chi connectivity index (χ0v) is 18.3. The van der Waals surface area contributed by atoms with E-state index in [9.17, 15) is 29.0 Å². The second-order valence-electron chi connectivity index (χ2n) is 7.93. The minimum Gasteiger partial charge on any atom is -0.505 e. The average molecular weight is 461 g/mol. The van der Waals surface area contributed by atoms with E-state index in [1.807, 2.05) is 0 Å². The lowest BCUT2D eigenvalue weighted by Crippen LogP contribution is -2.26. The Bertz CT molecular complexity index is 1480. The van der Waals surface area contributed by atoms with Gasteiger partial charge in [-0.3, -0.25) is 19.1 Å². The summed E-state index contributed by atoms with van der Waals surface area (Å²) < 4.78 is 14.4. The van der Waals surface area contributed by atoms with Gasteiger partial charge in [0.25, 0.3) is 11.5 Å². The standard InChI is InChI=1S/C25H20FN3O5/c1-28(2)23(31)16-5-9-18(10-6-16)29-19-12-15(11-14-3-7-17(26)8-4-14)13-27-21(19)22(30)20(24(29)32)25(33)34/h3-10,12-13,30H,11H2,1-2H3,(H,33,34). The van der Waals surface area contributed by atoms with Crippen LogP contribution in [-0.4, -0.2) is 50.6 Å². The van der Waals surface area contributed by atoms with Crippen molar-refractivity contribution in [2.75, 3.05) is 14.1 Å². The molecule has 2 N–H and O–H groups in total. The van der Waals surface area contributed by atoms with Crippen molar-refractivity contribution in [1.82, 2.24) is 14.5 Å². The number of aromatic carboxylic acids is 1. The van der Waals surface area contributed by atoms with Gasteiger partial charge >= 0.3 is 5.97 Å². The Balaban J connectivity index is 1.92. The topological polar surface area (TPSA) is 113 Å². The summed E-state index contributed by atoms with van der Waals surface area (Å²) in [6.45, 7) is 0. The maximum absolute atomic E-state index is 13.2. The quantitative estimate of drug-likeness (QED) is 0.472. The molecule has 0 aliphatic rings. The highest BCUT2D eigenvalue weighted by molar-refractivity contribution is 5.98. The Hall–Kier alpha value is -4.53. The number of carbonyl (C=O) groups is 2. The molecule has 0 unspecified atom stereocenters. The fourth-order valence-corrected chi connectivity index (χ4v) is 3.68. The second-order valence-corrected chi connectivity index (χ2v) is 7.93. The normalized spacial score (nSPS) is 10.9. The van der Waals surface area contributed by atoms with Gasteiger partial charge in [0.2, 0.25) is 0 Å². The van der Waals surface area contributed by atoms with Crippen molar-refractivity contribution in [1.29, 1.82) is 0 Å². The molecule has 9 heteroatoms. The largest absolute Gasteiger partial charge is 0.505 e. The summed E-state index contributed by atoms with van der Waals surface area (Å²) in [7, 11) is 3.23. The predicted molar refractivity (Wildman–Crippen MR) is 123 cm³/mol. The third kappa shape index (κ3) is 4.11. The molecule has 8 nitrogen and oxygen atoms in total. The Morgan fingerprint density at radius 3 is 2.26 bits per heavy atom. The number of aromatic nitrogens is 2. The SMILES string of the molecule is CN(C)C(=O)c1ccc(-n2c(=O)c(C(=O)O)c(O)c3ncc(Cc4ccc(F)cc4)cc32)cc1. The Morgan fingerprint density at radius 1 is 1.03 bits per heavy atom. The number of pyridine rings is 2. The van der Waals surface area contributed by atoms with Gasteiger partial charge in [0.1, 0.15) is 11.3 Å². The molecule has 4 aromatic rings. The predicted octanol–water partition coefficient (Wildman–Crippen LogP) is 3.22. The molecule has 172 valence electrons. The number of hydrogen-bond acceptors (Lipinski definition) is 5. The molecule has 0 saturated heterocycles. The minimum absolute atomic E-state index is 0.0618. The molecule has 0 bridgehead atoms. The number of hydrogen-bond donors (Lipinski definition) is 2. The van der Waals surface area contributed by atoms with Crippen LogP contribution in [-0.2, 0) is 6.42 Å². The van der Waals surface area contributed by atoms with Crippen LogP contribution in [0.1, 0.15) is 31.8 Å². The summed E-state index contributed by atoms with van der Waals surface area (Å²) in [5, 5.41) is 20.1. The number of carbonyl (C=O) groups excluding carboxylic acids is 1. The summed E-state index contributed by atoms with van der Waals surface area (Å²) in [5.41, 5.74) is 0.535. The highest BCUT2D eigenvalue weighted by Crippen LogP contribution is 2.28. The summed E-state index contributed by atoms with van der Waals surface area (Å²) in [6, 6.07) is 13.6.